The van der Waals surface area contributed by atoms with Gasteiger partial charge in [0, 0.05) is 24.4 Å². The van der Waals surface area contributed by atoms with Crippen molar-refractivity contribution in [2.45, 2.75) is 20.0 Å². The fourth-order valence-corrected chi connectivity index (χ4v) is 2.25. The molecule has 1 aromatic heterocycles. The monoisotopic (exact) mass is 354 g/mol. The van der Waals surface area contributed by atoms with E-state index in [-0.39, 0.29) is 29.4 Å². The van der Waals surface area contributed by atoms with Crippen LogP contribution in [-0.2, 0) is 4.74 Å². The van der Waals surface area contributed by atoms with Gasteiger partial charge in [0.25, 0.3) is 5.88 Å². The molecule has 1 amide bonds. The van der Waals surface area contributed by atoms with E-state index in [1.54, 1.807) is 18.2 Å². The van der Waals surface area contributed by atoms with Crippen LogP contribution in [0.3, 0.4) is 0 Å². The molecule has 0 unspecified atom stereocenters. The number of aromatic nitrogens is 1. The fraction of sp³-hybridized carbons (Fsp3) is 0.375. The number of ether oxygens (including phenoxy) is 3. The van der Waals surface area contributed by atoms with E-state index in [0.29, 0.717) is 23.1 Å². The molecule has 0 fully saturated rings. The minimum absolute atomic E-state index is 0.0239. The van der Waals surface area contributed by atoms with Crippen LogP contribution in [0.4, 0.5) is 4.79 Å². The predicted octanol–water partition coefficient (Wildman–Crippen LogP) is 3.12. The topological polar surface area (TPSA) is 89.9 Å². The molecule has 0 spiro atoms. The maximum atomic E-state index is 11.7. The lowest BCUT2D eigenvalue weighted by atomic mass is 10.1. The van der Waals surface area contributed by atoms with Gasteiger partial charge in [0.1, 0.15) is 10.9 Å². The van der Waals surface area contributed by atoms with Crippen molar-refractivity contribution in [3.63, 3.8) is 0 Å². The molecule has 2 aromatic rings. The molecule has 0 bridgehead atoms. The summed E-state index contributed by atoms with van der Waals surface area (Å²) in [7, 11) is 1.51. The van der Waals surface area contributed by atoms with Gasteiger partial charge in [-0.1, -0.05) is 11.6 Å². The summed E-state index contributed by atoms with van der Waals surface area (Å²) in [6.45, 7) is 4.39. The Morgan fingerprint density at radius 3 is 2.79 bits per heavy atom. The molecule has 0 saturated carbocycles. The number of nitrogens with one attached hydrogen (secondary N) is 1. The second kappa shape index (κ2) is 8.03. The highest BCUT2D eigenvalue weighted by molar-refractivity contribution is 6.34. The fourth-order valence-electron chi connectivity index (χ4n) is 2.01. The molecule has 130 valence electrons. The number of nitrogens with zero attached hydrogens (tertiary/aromatic N) is 1. The summed E-state index contributed by atoms with van der Waals surface area (Å²) in [5, 5.41) is 13.8. The van der Waals surface area contributed by atoms with E-state index in [1.807, 2.05) is 13.8 Å². The van der Waals surface area contributed by atoms with Gasteiger partial charge in [0.05, 0.1) is 12.7 Å². The molecule has 2 rings (SSSR count). The van der Waals surface area contributed by atoms with E-state index in [9.17, 15) is 9.90 Å². The number of rotatable bonds is 6. The Bertz CT molecular complexity index is 736. The van der Waals surface area contributed by atoms with Crippen LogP contribution in [-0.4, -0.2) is 42.5 Å². The average molecular weight is 355 g/mol. The number of carbonyl (C=O) groups is 1. The lowest BCUT2D eigenvalue weighted by Gasteiger charge is -2.13. The highest BCUT2D eigenvalue weighted by Gasteiger charge is 2.17. The van der Waals surface area contributed by atoms with Crippen LogP contribution in [0.2, 0.25) is 5.15 Å². The number of amides is 1. The molecule has 0 atom stereocenters. The normalized spacial score (nSPS) is 10.9. The Morgan fingerprint density at radius 2 is 2.12 bits per heavy atom. The van der Waals surface area contributed by atoms with Crippen LogP contribution in [0.25, 0.3) is 10.8 Å². The number of pyridine rings is 1. The minimum atomic E-state index is -0.764. The summed E-state index contributed by atoms with van der Waals surface area (Å²) in [5.41, 5.74) is 0. The molecule has 7 nitrogen and oxygen atoms in total. The van der Waals surface area contributed by atoms with Crippen molar-refractivity contribution < 1.29 is 24.1 Å². The third-order valence-electron chi connectivity index (χ3n) is 3.01. The number of methoxy groups -OCH3 is 1. The van der Waals surface area contributed by atoms with E-state index in [4.69, 9.17) is 25.8 Å². The van der Waals surface area contributed by atoms with Gasteiger partial charge in [-0.2, -0.15) is 4.98 Å². The molecule has 0 aliphatic rings. The number of halogens is 1. The molecule has 0 saturated heterocycles. The van der Waals surface area contributed by atoms with Crippen molar-refractivity contribution in [2.75, 3.05) is 20.3 Å². The Kier molecular flexibility index (Phi) is 6.05. The number of hydrogen-bond acceptors (Lipinski definition) is 6. The van der Waals surface area contributed by atoms with Crippen LogP contribution in [0, 0.1) is 0 Å². The predicted molar refractivity (Wildman–Crippen MR) is 90.1 cm³/mol. The third-order valence-corrected chi connectivity index (χ3v) is 3.30. The lowest BCUT2D eigenvalue weighted by molar-refractivity contribution is 0.178. The van der Waals surface area contributed by atoms with Gasteiger partial charge in [-0.25, -0.2) is 4.79 Å². The van der Waals surface area contributed by atoms with Crippen molar-refractivity contribution in [3.05, 3.63) is 23.4 Å². The van der Waals surface area contributed by atoms with E-state index in [1.165, 1.54) is 7.11 Å². The van der Waals surface area contributed by atoms with Gasteiger partial charge in [0.15, 0.2) is 5.75 Å². The first kappa shape index (κ1) is 18.1. The van der Waals surface area contributed by atoms with Crippen molar-refractivity contribution in [2.24, 2.45) is 0 Å². The zero-order valence-electron chi connectivity index (χ0n) is 13.6. The van der Waals surface area contributed by atoms with Gasteiger partial charge in [-0.15, -0.1) is 0 Å². The Hall–Kier alpha value is -2.25. The number of aromatic hydroxyl groups is 1. The molecule has 0 aliphatic carbocycles. The Morgan fingerprint density at radius 1 is 1.38 bits per heavy atom. The SMILES string of the molecule is COCCNC(=O)Oc1nc(Cl)c2ccc(OC(C)C)cc2c1O. The van der Waals surface area contributed by atoms with Gasteiger partial charge in [-0.05, 0) is 32.0 Å². The first-order chi connectivity index (χ1) is 11.4. The van der Waals surface area contributed by atoms with Crippen LogP contribution in [0.15, 0.2) is 18.2 Å². The molecule has 1 heterocycles. The molecule has 24 heavy (non-hydrogen) atoms. The van der Waals surface area contributed by atoms with Gasteiger partial charge >= 0.3 is 6.09 Å². The molecule has 0 aliphatic heterocycles. The van der Waals surface area contributed by atoms with Crippen LogP contribution in [0.1, 0.15) is 13.8 Å². The summed E-state index contributed by atoms with van der Waals surface area (Å²) in [4.78, 5) is 15.6. The third kappa shape index (κ3) is 4.39. The molecule has 8 heteroatoms. The van der Waals surface area contributed by atoms with Crippen molar-refractivity contribution in [3.8, 4) is 17.4 Å². The number of benzene rings is 1. The highest BCUT2D eigenvalue weighted by atomic mass is 35.5. The molecule has 1 aromatic carbocycles. The Balaban J connectivity index is 2.30. The van der Waals surface area contributed by atoms with E-state index in [2.05, 4.69) is 10.3 Å². The van der Waals surface area contributed by atoms with E-state index in [0.717, 1.165) is 0 Å². The standard InChI is InChI=1S/C16H19ClN2O5/c1-9(2)23-10-4-5-11-12(8-10)13(20)15(19-14(11)17)24-16(21)18-6-7-22-3/h4-5,8-9,20H,6-7H2,1-3H3,(H,18,21). The summed E-state index contributed by atoms with van der Waals surface area (Å²) in [6.07, 6.45) is -0.788. The zero-order chi connectivity index (χ0) is 17.7. The first-order valence-corrected chi connectivity index (χ1v) is 7.73. The van der Waals surface area contributed by atoms with Crippen molar-refractivity contribution >= 4 is 28.5 Å². The van der Waals surface area contributed by atoms with Crippen molar-refractivity contribution in [1.29, 1.82) is 0 Å². The maximum absolute atomic E-state index is 11.7. The van der Waals surface area contributed by atoms with E-state index >= 15 is 0 Å². The molecule has 0 radical (unpaired) electrons. The van der Waals surface area contributed by atoms with Crippen molar-refractivity contribution in [1.82, 2.24) is 10.3 Å². The molecule has 2 N–H and O–H groups in total. The number of hydrogen-bond donors (Lipinski definition) is 2. The largest absolute Gasteiger partial charge is 0.503 e. The van der Waals surface area contributed by atoms with Gasteiger partial charge < -0.3 is 24.6 Å². The van der Waals surface area contributed by atoms with Gasteiger partial charge in [0.2, 0.25) is 0 Å². The lowest BCUT2D eigenvalue weighted by Crippen LogP contribution is -2.30. The summed E-state index contributed by atoms with van der Waals surface area (Å²) in [6, 6.07) is 5.03. The summed E-state index contributed by atoms with van der Waals surface area (Å²) >= 11 is 6.11. The number of fused-ring (bicyclic) bond motifs is 1. The van der Waals surface area contributed by atoms with E-state index < -0.39 is 6.09 Å². The van der Waals surface area contributed by atoms with Crippen LogP contribution < -0.4 is 14.8 Å². The first-order valence-electron chi connectivity index (χ1n) is 7.36. The summed E-state index contributed by atoms with van der Waals surface area (Å²) < 4.78 is 15.4. The second-order valence-electron chi connectivity index (χ2n) is 5.24. The molecular weight excluding hydrogens is 336 g/mol. The average Bonchev–Trinajstić information content (AvgIpc) is 2.52. The summed E-state index contributed by atoms with van der Waals surface area (Å²) in [5.74, 6) is 0.000161. The van der Waals surface area contributed by atoms with Gasteiger partial charge in [-0.3, -0.25) is 0 Å². The highest BCUT2D eigenvalue weighted by Crippen LogP contribution is 2.38. The smallest absolute Gasteiger partial charge is 0.414 e. The quantitative estimate of drug-likeness (QED) is 0.612. The Labute approximate surface area is 144 Å². The zero-order valence-corrected chi connectivity index (χ0v) is 14.4. The van der Waals surface area contributed by atoms with Crippen LogP contribution >= 0.6 is 11.6 Å². The molecular formula is C16H19ClN2O5. The number of carbonyl (C=O) groups excluding carboxylic acids is 1. The maximum Gasteiger partial charge on any atom is 0.414 e. The second-order valence-corrected chi connectivity index (χ2v) is 5.60. The van der Waals surface area contributed by atoms with Crippen LogP contribution in [0.5, 0.6) is 17.4 Å². The minimum Gasteiger partial charge on any atom is -0.503 e.